The summed E-state index contributed by atoms with van der Waals surface area (Å²) in [7, 11) is 1.54. The number of nitrogen functional groups attached to an aromatic ring is 1. The first-order chi connectivity index (χ1) is 7.20. The fourth-order valence-corrected chi connectivity index (χ4v) is 1.39. The molecule has 1 aliphatic rings. The lowest BCUT2D eigenvalue weighted by Crippen LogP contribution is -2.25. The molecular formula is C11H14N2O2. The van der Waals surface area contributed by atoms with Gasteiger partial charge in [0.1, 0.15) is 5.75 Å². The Morgan fingerprint density at radius 3 is 2.87 bits per heavy atom. The Labute approximate surface area is 88.4 Å². The summed E-state index contributed by atoms with van der Waals surface area (Å²) in [6.07, 6.45) is 2.13. The lowest BCUT2D eigenvalue weighted by Gasteiger charge is -2.09. The van der Waals surface area contributed by atoms with Crippen LogP contribution in [0.3, 0.4) is 0 Å². The minimum absolute atomic E-state index is 0.110. The summed E-state index contributed by atoms with van der Waals surface area (Å²) in [5.74, 6) is 0.448. The number of carbonyl (C=O) groups excluding carboxylic acids is 1. The first-order valence-electron chi connectivity index (χ1n) is 4.95. The third kappa shape index (κ3) is 2.21. The van der Waals surface area contributed by atoms with Crippen LogP contribution in [0.5, 0.6) is 5.75 Å². The van der Waals surface area contributed by atoms with Gasteiger partial charge in [-0.3, -0.25) is 4.79 Å². The third-order valence-electron chi connectivity index (χ3n) is 2.38. The van der Waals surface area contributed by atoms with Gasteiger partial charge in [-0.1, -0.05) is 0 Å². The van der Waals surface area contributed by atoms with Crippen molar-refractivity contribution in [3.8, 4) is 5.75 Å². The van der Waals surface area contributed by atoms with E-state index in [1.807, 2.05) is 0 Å². The molecule has 0 saturated heterocycles. The Morgan fingerprint density at radius 1 is 1.53 bits per heavy atom. The zero-order valence-corrected chi connectivity index (χ0v) is 8.62. The molecule has 0 atom stereocenters. The molecule has 1 saturated carbocycles. The predicted octanol–water partition coefficient (Wildman–Crippen LogP) is 1.17. The van der Waals surface area contributed by atoms with Gasteiger partial charge in [0.2, 0.25) is 0 Å². The van der Waals surface area contributed by atoms with Crippen LogP contribution in [-0.2, 0) is 0 Å². The average Bonchev–Trinajstić information content (AvgIpc) is 3.01. The molecule has 1 aromatic rings. The van der Waals surface area contributed by atoms with Crippen molar-refractivity contribution in [3.05, 3.63) is 23.8 Å². The highest BCUT2D eigenvalue weighted by atomic mass is 16.5. The van der Waals surface area contributed by atoms with Crippen molar-refractivity contribution in [3.63, 3.8) is 0 Å². The number of nitrogens with two attached hydrogens (primary N) is 1. The van der Waals surface area contributed by atoms with Crippen molar-refractivity contribution in [2.24, 2.45) is 0 Å². The van der Waals surface area contributed by atoms with E-state index in [1.54, 1.807) is 25.3 Å². The van der Waals surface area contributed by atoms with E-state index < -0.39 is 0 Å². The van der Waals surface area contributed by atoms with E-state index >= 15 is 0 Å². The molecule has 0 spiro atoms. The standard InChI is InChI=1S/C11H14N2O2/c1-15-10-5-2-7(12)6-9(10)11(14)13-8-3-4-8/h2,5-6,8H,3-4,12H2,1H3,(H,13,14). The van der Waals surface area contributed by atoms with Gasteiger partial charge in [-0.15, -0.1) is 0 Å². The van der Waals surface area contributed by atoms with Gasteiger partial charge in [-0.2, -0.15) is 0 Å². The van der Waals surface area contributed by atoms with E-state index in [4.69, 9.17) is 10.5 Å². The Kier molecular flexibility index (Phi) is 2.49. The topological polar surface area (TPSA) is 64.3 Å². The van der Waals surface area contributed by atoms with Gasteiger partial charge in [-0.25, -0.2) is 0 Å². The van der Waals surface area contributed by atoms with Crippen LogP contribution in [0.2, 0.25) is 0 Å². The summed E-state index contributed by atoms with van der Waals surface area (Å²) in [6, 6.07) is 5.39. The van der Waals surface area contributed by atoms with Crippen LogP contribution in [0.15, 0.2) is 18.2 Å². The zero-order valence-electron chi connectivity index (χ0n) is 8.62. The largest absolute Gasteiger partial charge is 0.496 e. The van der Waals surface area contributed by atoms with E-state index in [0.29, 0.717) is 23.0 Å². The minimum atomic E-state index is -0.110. The highest BCUT2D eigenvalue weighted by Crippen LogP contribution is 2.24. The van der Waals surface area contributed by atoms with Gasteiger partial charge >= 0.3 is 0 Å². The molecule has 1 aliphatic carbocycles. The molecule has 15 heavy (non-hydrogen) atoms. The monoisotopic (exact) mass is 206 g/mol. The molecule has 0 aromatic heterocycles. The first kappa shape index (κ1) is 9.83. The second kappa shape index (κ2) is 3.81. The van der Waals surface area contributed by atoms with E-state index in [-0.39, 0.29) is 5.91 Å². The lowest BCUT2D eigenvalue weighted by molar-refractivity contribution is 0.0948. The van der Waals surface area contributed by atoms with Gasteiger partial charge in [0.05, 0.1) is 12.7 Å². The van der Waals surface area contributed by atoms with Crippen LogP contribution in [-0.4, -0.2) is 19.1 Å². The normalized spacial score (nSPS) is 14.7. The quantitative estimate of drug-likeness (QED) is 0.730. The van der Waals surface area contributed by atoms with E-state index in [9.17, 15) is 4.79 Å². The SMILES string of the molecule is COc1ccc(N)cc1C(=O)NC1CC1. The Morgan fingerprint density at radius 2 is 2.27 bits per heavy atom. The molecule has 2 rings (SSSR count). The molecule has 0 heterocycles. The van der Waals surface area contributed by atoms with Crippen molar-refractivity contribution in [2.45, 2.75) is 18.9 Å². The van der Waals surface area contributed by atoms with Crippen LogP contribution in [0.4, 0.5) is 5.69 Å². The van der Waals surface area contributed by atoms with Crippen LogP contribution in [0.25, 0.3) is 0 Å². The fourth-order valence-electron chi connectivity index (χ4n) is 1.39. The van der Waals surface area contributed by atoms with Crippen molar-refractivity contribution in [2.75, 3.05) is 12.8 Å². The number of rotatable bonds is 3. The molecular weight excluding hydrogens is 192 g/mol. The molecule has 1 fully saturated rings. The predicted molar refractivity (Wildman–Crippen MR) is 57.9 cm³/mol. The second-order valence-corrected chi connectivity index (χ2v) is 3.71. The maximum absolute atomic E-state index is 11.8. The summed E-state index contributed by atoms with van der Waals surface area (Å²) < 4.78 is 5.11. The Balaban J connectivity index is 2.23. The van der Waals surface area contributed by atoms with Crippen molar-refractivity contribution < 1.29 is 9.53 Å². The highest BCUT2D eigenvalue weighted by Gasteiger charge is 2.25. The molecule has 80 valence electrons. The number of hydrogen-bond donors (Lipinski definition) is 2. The molecule has 0 radical (unpaired) electrons. The maximum atomic E-state index is 11.8. The molecule has 0 aliphatic heterocycles. The number of amides is 1. The van der Waals surface area contributed by atoms with Gasteiger partial charge in [0.15, 0.2) is 0 Å². The van der Waals surface area contributed by atoms with Crippen LogP contribution >= 0.6 is 0 Å². The summed E-state index contributed by atoms with van der Waals surface area (Å²) in [5, 5.41) is 2.90. The Hall–Kier alpha value is -1.71. The maximum Gasteiger partial charge on any atom is 0.255 e. The smallest absolute Gasteiger partial charge is 0.255 e. The van der Waals surface area contributed by atoms with Crippen molar-refractivity contribution in [1.82, 2.24) is 5.32 Å². The van der Waals surface area contributed by atoms with E-state index in [2.05, 4.69) is 5.32 Å². The van der Waals surface area contributed by atoms with Gasteiger partial charge < -0.3 is 15.8 Å². The summed E-state index contributed by atoms with van der Waals surface area (Å²) in [5.41, 5.74) is 6.70. The van der Waals surface area contributed by atoms with E-state index in [1.165, 1.54) is 0 Å². The number of methoxy groups -OCH3 is 1. The molecule has 3 N–H and O–H groups in total. The highest BCUT2D eigenvalue weighted by molar-refractivity contribution is 5.98. The molecule has 1 amide bonds. The number of nitrogens with one attached hydrogen (secondary N) is 1. The number of hydrogen-bond acceptors (Lipinski definition) is 3. The minimum Gasteiger partial charge on any atom is -0.496 e. The number of anilines is 1. The number of carbonyl (C=O) groups is 1. The van der Waals surface area contributed by atoms with Crippen molar-refractivity contribution >= 4 is 11.6 Å². The number of benzene rings is 1. The zero-order chi connectivity index (χ0) is 10.8. The van der Waals surface area contributed by atoms with Crippen LogP contribution in [0.1, 0.15) is 23.2 Å². The van der Waals surface area contributed by atoms with Gasteiger partial charge in [0, 0.05) is 11.7 Å². The first-order valence-corrected chi connectivity index (χ1v) is 4.95. The summed E-state index contributed by atoms with van der Waals surface area (Å²) in [4.78, 5) is 11.8. The van der Waals surface area contributed by atoms with Crippen LogP contribution in [0, 0.1) is 0 Å². The average molecular weight is 206 g/mol. The summed E-state index contributed by atoms with van der Waals surface area (Å²) in [6.45, 7) is 0. The third-order valence-corrected chi connectivity index (χ3v) is 2.38. The van der Waals surface area contributed by atoms with Crippen molar-refractivity contribution in [1.29, 1.82) is 0 Å². The summed E-state index contributed by atoms with van der Waals surface area (Å²) >= 11 is 0. The van der Waals surface area contributed by atoms with Crippen LogP contribution < -0.4 is 15.8 Å². The molecule has 0 bridgehead atoms. The molecule has 4 nitrogen and oxygen atoms in total. The lowest BCUT2D eigenvalue weighted by atomic mass is 10.1. The van der Waals surface area contributed by atoms with E-state index in [0.717, 1.165) is 12.8 Å². The molecule has 0 unspecified atom stereocenters. The van der Waals surface area contributed by atoms with Gasteiger partial charge in [0.25, 0.3) is 5.91 Å². The molecule has 4 heteroatoms. The second-order valence-electron chi connectivity index (χ2n) is 3.71. The van der Waals surface area contributed by atoms with Gasteiger partial charge in [-0.05, 0) is 31.0 Å². The Bertz CT molecular complexity index is 386. The molecule has 1 aromatic carbocycles. The number of ether oxygens (including phenoxy) is 1. The fraction of sp³-hybridized carbons (Fsp3) is 0.364.